The van der Waals surface area contributed by atoms with Crippen molar-refractivity contribution >= 4 is 0 Å². The van der Waals surface area contributed by atoms with Crippen molar-refractivity contribution < 1.29 is 4.74 Å². The average molecular weight is 291 g/mol. The zero-order chi connectivity index (χ0) is 15.2. The van der Waals surface area contributed by atoms with Crippen molar-refractivity contribution in [3.05, 3.63) is 29.8 Å². The number of piperazine rings is 1. The van der Waals surface area contributed by atoms with E-state index in [4.69, 9.17) is 10.5 Å². The summed E-state index contributed by atoms with van der Waals surface area (Å²) in [5, 5.41) is 0. The van der Waals surface area contributed by atoms with Crippen molar-refractivity contribution in [3.63, 3.8) is 0 Å². The molecule has 1 aliphatic heterocycles. The molecule has 1 heterocycles. The Balaban J connectivity index is 1.89. The average Bonchev–Trinajstić information content (AvgIpc) is 2.48. The van der Waals surface area contributed by atoms with E-state index in [1.807, 2.05) is 12.1 Å². The molecule has 21 heavy (non-hydrogen) atoms. The van der Waals surface area contributed by atoms with Crippen molar-refractivity contribution in [2.75, 3.05) is 39.8 Å². The molecule has 1 aromatic carbocycles. The molecule has 2 rings (SSSR count). The van der Waals surface area contributed by atoms with Gasteiger partial charge in [0, 0.05) is 38.3 Å². The summed E-state index contributed by atoms with van der Waals surface area (Å²) in [6.45, 7) is 9.43. The van der Waals surface area contributed by atoms with Gasteiger partial charge in [0.2, 0.25) is 0 Å². The van der Waals surface area contributed by atoms with Crippen molar-refractivity contribution in [2.45, 2.75) is 32.4 Å². The minimum absolute atomic E-state index is 0.0658. The van der Waals surface area contributed by atoms with Crippen LogP contribution in [-0.4, -0.2) is 55.7 Å². The summed E-state index contributed by atoms with van der Waals surface area (Å²) in [5.41, 5.74) is 7.56. The van der Waals surface area contributed by atoms with E-state index in [9.17, 15) is 0 Å². The van der Waals surface area contributed by atoms with E-state index in [1.54, 1.807) is 0 Å². The Morgan fingerprint density at radius 2 is 2.00 bits per heavy atom. The van der Waals surface area contributed by atoms with Gasteiger partial charge in [0.15, 0.2) is 0 Å². The molecular weight excluding hydrogens is 262 g/mol. The molecule has 2 N–H and O–H groups in total. The second kappa shape index (κ2) is 7.78. The minimum atomic E-state index is 0.0658. The summed E-state index contributed by atoms with van der Waals surface area (Å²) >= 11 is 0. The van der Waals surface area contributed by atoms with Crippen LogP contribution in [-0.2, 0) is 0 Å². The van der Waals surface area contributed by atoms with E-state index in [2.05, 4.69) is 42.8 Å². The van der Waals surface area contributed by atoms with E-state index in [0.29, 0.717) is 6.04 Å². The number of nitrogens with two attached hydrogens (primary N) is 1. The van der Waals surface area contributed by atoms with Gasteiger partial charge in [-0.25, -0.2) is 0 Å². The van der Waals surface area contributed by atoms with Gasteiger partial charge in [0.1, 0.15) is 5.75 Å². The third-order valence-corrected chi connectivity index (χ3v) is 4.18. The number of rotatable bonds is 6. The second-order valence-corrected chi connectivity index (χ2v) is 6.13. The number of hydrogen-bond acceptors (Lipinski definition) is 4. The summed E-state index contributed by atoms with van der Waals surface area (Å²) in [7, 11) is 2.18. The zero-order valence-corrected chi connectivity index (χ0v) is 13.6. The van der Waals surface area contributed by atoms with Crippen LogP contribution in [0.15, 0.2) is 24.3 Å². The number of hydrogen-bond donors (Lipinski definition) is 1. The van der Waals surface area contributed by atoms with Crippen LogP contribution in [0.25, 0.3) is 0 Å². The summed E-state index contributed by atoms with van der Waals surface area (Å²) < 4.78 is 5.61. The first-order valence-corrected chi connectivity index (χ1v) is 8.01. The van der Waals surface area contributed by atoms with Gasteiger partial charge in [0.25, 0.3) is 0 Å². The molecule has 2 atom stereocenters. The van der Waals surface area contributed by atoms with Gasteiger partial charge in [-0.1, -0.05) is 19.1 Å². The Bertz CT molecular complexity index is 421. The fourth-order valence-corrected chi connectivity index (χ4v) is 2.84. The topological polar surface area (TPSA) is 41.7 Å². The lowest BCUT2D eigenvalue weighted by Crippen LogP contribution is -2.52. The van der Waals surface area contributed by atoms with Gasteiger partial charge >= 0.3 is 0 Å². The minimum Gasteiger partial charge on any atom is -0.494 e. The summed E-state index contributed by atoms with van der Waals surface area (Å²) in [4.78, 5) is 4.87. The lowest BCUT2D eigenvalue weighted by Gasteiger charge is -2.39. The lowest BCUT2D eigenvalue weighted by molar-refractivity contribution is 0.0945. The molecule has 4 nitrogen and oxygen atoms in total. The molecule has 0 aliphatic carbocycles. The Kier molecular flexibility index (Phi) is 6.03. The zero-order valence-electron chi connectivity index (χ0n) is 13.6. The maximum Gasteiger partial charge on any atom is 0.119 e. The number of nitrogens with zero attached hydrogens (tertiary/aromatic N) is 2. The maximum atomic E-state index is 6.38. The predicted molar refractivity (Wildman–Crippen MR) is 87.7 cm³/mol. The Morgan fingerprint density at radius 1 is 1.29 bits per heavy atom. The van der Waals surface area contributed by atoms with E-state index in [1.165, 1.54) is 5.56 Å². The molecule has 1 aromatic rings. The predicted octanol–water partition coefficient (Wildman–Crippen LogP) is 2.11. The summed E-state index contributed by atoms with van der Waals surface area (Å²) in [6, 6.07) is 8.88. The molecule has 0 radical (unpaired) electrons. The quantitative estimate of drug-likeness (QED) is 0.871. The molecule has 0 saturated carbocycles. The van der Waals surface area contributed by atoms with Crippen molar-refractivity contribution in [3.8, 4) is 5.75 Å². The highest BCUT2D eigenvalue weighted by molar-refractivity contribution is 5.29. The smallest absolute Gasteiger partial charge is 0.119 e. The first kappa shape index (κ1) is 16.3. The molecule has 118 valence electrons. The van der Waals surface area contributed by atoms with Crippen LogP contribution in [0.5, 0.6) is 5.75 Å². The van der Waals surface area contributed by atoms with Gasteiger partial charge in [-0.15, -0.1) is 0 Å². The van der Waals surface area contributed by atoms with Crippen LogP contribution >= 0.6 is 0 Å². The third kappa shape index (κ3) is 4.70. The van der Waals surface area contributed by atoms with Crippen LogP contribution in [0, 0.1) is 0 Å². The molecule has 1 fully saturated rings. The molecule has 0 aromatic heterocycles. The molecule has 0 bridgehead atoms. The Hall–Kier alpha value is -1.10. The van der Waals surface area contributed by atoms with Crippen LogP contribution in [0.3, 0.4) is 0 Å². The molecule has 0 amide bonds. The molecule has 0 spiro atoms. The van der Waals surface area contributed by atoms with Gasteiger partial charge in [-0.05, 0) is 38.1 Å². The van der Waals surface area contributed by atoms with Crippen LogP contribution in [0.4, 0.5) is 0 Å². The number of benzene rings is 1. The van der Waals surface area contributed by atoms with Crippen molar-refractivity contribution in [2.24, 2.45) is 5.73 Å². The lowest BCUT2D eigenvalue weighted by atomic mass is 10.1. The van der Waals surface area contributed by atoms with Gasteiger partial charge in [-0.2, -0.15) is 0 Å². The maximum absolute atomic E-state index is 6.38. The summed E-state index contributed by atoms with van der Waals surface area (Å²) in [6.07, 6.45) is 1.03. The Labute approximate surface area is 128 Å². The number of likely N-dealkylation sites (N-methyl/N-ethyl adjacent to an activating group) is 1. The van der Waals surface area contributed by atoms with E-state index >= 15 is 0 Å². The third-order valence-electron chi connectivity index (χ3n) is 4.18. The standard InChI is InChI=1S/C17H29N3O/c1-4-11-21-16-7-5-15(6-8-16)17(18)13-20-10-9-19(3)12-14(20)2/h5-8,14,17H,4,9-13,18H2,1-3H3. The monoisotopic (exact) mass is 291 g/mol. The molecule has 1 aliphatic rings. The largest absolute Gasteiger partial charge is 0.494 e. The number of ether oxygens (including phenoxy) is 1. The molecule has 4 heteroatoms. The molecule has 1 saturated heterocycles. The highest BCUT2D eigenvalue weighted by Crippen LogP contribution is 2.19. The van der Waals surface area contributed by atoms with Crippen molar-refractivity contribution in [1.29, 1.82) is 0 Å². The SMILES string of the molecule is CCCOc1ccc(C(N)CN2CCN(C)CC2C)cc1. The second-order valence-electron chi connectivity index (χ2n) is 6.13. The summed E-state index contributed by atoms with van der Waals surface area (Å²) in [5.74, 6) is 0.931. The van der Waals surface area contributed by atoms with Gasteiger partial charge in [-0.3, -0.25) is 4.90 Å². The van der Waals surface area contributed by atoms with E-state index < -0.39 is 0 Å². The first-order chi connectivity index (χ1) is 10.1. The van der Waals surface area contributed by atoms with Crippen LogP contribution in [0.2, 0.25) is 0 Å². The molecule has 2 unspecified atom stereocenters. The van der Waals surface area contributed by atoms with Crippen LogP contribution < -0.4 is 10.5 Å². The van der Waals surface area contributed by atoms with E-state index in [0.717, 1.165) is 45.0 Å². The highest BCUT2D eigenvalue weighted by Gasteiger charge is 2.23. The van der Waals surface area contributed by atoms with Crippen LogP contribution in [0.1, 0.15) is 31.9 Å². The van der Waals surface area contributed by atoms with Crippen molar-refractivity contribution in [1.82, 2.24) is 9.80 Å². The molecular formula is C17H29N3O. The fraction of sp³-hybridized carbons (Fsp3) is 0.647. The fourth-order valence-electron chi connectivity index (χ4n) is 2.84. The Morgan fingerprint density at radius 3 is 2.62 bits per heavy atom. The normalized spacial score (nSPS) is 22.2. The van der Waals surface area contributed by atoms with Gasteiger partial charge in [0.05, 0.1) is 6.61 Å². The highest BCUT2D eigenvalue weighted by atomic mass is 16.5. The van der Waals surface area contributed by atoms with E-state index in [-0.39, 0.29) is 6.04 Å². The van der Waals surface area contributed by atoms with Gasteiger partial charge < -0.3 is 15.4 Å². The first-order valence-electron chi connectivity index (χ1n) is 8.01.